The SMILES string of the molecule is CC(NC(=O)c1cc(Cl)ccc1NN)c1ccco1. The van der Waals surface area contributed by atoms with E-state index < -0.39 is 0 Å². The fourth-order valence-electron chi connectivity index (χ4n) is 1.71. The van der Waals surface area contributed by atoms with E-state index in [0.29, 0.717) is 22.0 Å². The van der Waals surface area contributed by atoms with Crippen LogP contribution in [0.5, 0.6) is 0 Å². The topological polar surface area (TPSA) is 80.3 Å². The van der Waals surface area contributed by atoms with Crippen molar-refractivity contribution >= 4 is 23.2 Å². The summed E-state index contributed by atoms with van der Waals surface area (Å²) in [6.07, 6.45) is 1.56. The molecule has 1 heterocycles. The predicted octanol–water partition coefficient (Wildman–Crippen LogP) is 2.71. The average molecular weight is 280 g/mol. The van der Waals surface area contributed by atoms with Crippen molar-refractivity contribution in [3.63, 3.8) is 0 Å². The van der Waals surface area contributed by atoms with Crippen LogP contribution in [0.15, 0.2) is 41.0 Å². The molecular formula is C13H14ClN3O2. The summed E-state index contributed by atoms with van der Waals surface area (Å²) in [7, 11) is 0. The van der Waals surface area contributed by atoms with E-state index in [1.54, 1.807) is 36.6 Å². The quantitative estimate of drug-likeness (QED) is 0.594. The first-order valence-corrected chi connectivity index (χ1v) is 6.10. The molecule has 100 valence electrons. The molecule has 6 heteroatoms. The Hall–Kier alpha value is -1.98. The molecule has 0 aliphatic carbocycles. The summed E-state index contributed by atoms with van der Waals surface area (Å²) in [4.78, 5) is 12.2. The molecule has 0 fully saturated rings. The lowest BCUT2D eigenvalue weighted by molar-refractivity contribution is 0.0936. The molecule has 1 unspecified atom stereocenters. The Morgan fingerprint density at radius 3 is 2.84 bits per heavy atom. The standard InChI is InChI=1S/C13H14ClN3O2/c1-8(12-3-2-6-19-12)16-13(18)10-7-9(14)4-5-11(10)17-15/h2-8,17H,15H2,1H3,(H,16,18). The molecule has 2 rings (SSSR count). The van der Waals surface area contributed by atoms with Crippen LogP contribution >= 0.6 is 11.6 Å². The highest BCUT2D eigenvalue weighted by molar-refractivity contribution is 6.31. The number of rotatable bonds is 4. The molecule has 0 aliphatic rings. The number of hydrogen-bond donors (Lipinski definition) is 3. The zero-order valence-electron chi connectivity index (χ0n) is 10.3. The maximum absolute atomic E-state index is 12.2. The number of furan rings is 1. The molecular weight excluding hydrogens is 266 g/mol. The third-order valence-corrected chi connectivity index (χ3v) is 2.93. The maximum Gasteiger partial charge on any atom is 0.254 e. The second-order valence-corrected chi connectivity index (χ2v) is 4.48. The number of nitrogens with one attached hydrogen (secondary N) is 2. The van der Waals surface area contributed by atoms with E-state index in [1.807, 2.05) is 6.92 Å². The van der Waals surface area contributed by atoms with Crippen LogP contribution in [0.1, 0.15) is 29.1 Å². The molecule has 5 nitrogen and oxygen atoms in total. The van der Waals surface area contributed by atoms with Gasteiger partial charge in [0.1, 0.15) is 5.76 Å². The zero-order valence-corrected chi connectivity index (χ0v) is 11.1. The Morgan fingerprint density at radius 1 is 1.42 bits per heavy atom. The van der Waals surface area contributed by atoms with Crippen LogP contribution in [-0.2, 0) is 0 Å². The molecule has 1 aromatic heterocycles. The minimum absolute atomic E-state index is 0.243. The molecule has 1 aromatic carbocycles. The number of nitrogen functional groups attached to an aromatic ring is 1. The number of halogens is 1. The molecule has 0 spiro atoms. The zero-order chi connectivity index (χ0) is 13.8. The van der Waals surface area contributed by atoms with Crippen molar-refractivity contribution in [3.8, 4) is 0 Å². The highest BCUT2D eigenvalue weighted by Gasteiger charge is 2.16. The monoisotopic (exact) mass is 279 g/mol. The van der Waals surface area contributed by atoms with Crippen LogP contribution in [0.3, 0.4) is 0 Å². The van der Waals surface area contributed by atoms with Gasteiger partial charge in [-0.3, -0.25) is 10.6 Å². The Bertz CT molecular complexity index is 569. The first kappa shape index (κ1) is 13.5. The number of nitrogens with two attached hydrogens (primary N) is 1. The predicted molar refractivity (Wildman–Crippen MR) is 73.9 cm³/mol. The Morgan fingerprint density at radius 2 is 2.21 bits per heavy atom. The number of benzene rings is 1. The first-order chi connectivity index (χ1) is 9.11. The van der Waals surface area contributed by atoms with Gasteiger partial charge in [-0.05, 0) is 37.3 Å². The molecule has 2 aromatic rings. The molecule has 4 N–H and O–H groups in total. The normalized spacial score (nSPS) is 11.9. The van der Waals surface area contributed by atoms with E-state index in [-0.39, 0.29) is 11.9 Å². The van der Waals surface area contributed by atoms with Crippen molar-refractivity contribution in [3.05, 3.63) is 52.9 Å². The lowest BCUT2D eigenvalue weighted by Crippen LogP contribution is -2.27. The number of amides is 1. The minimum atomic E-state index is -0.278. The molecule has 0 aliphatic heterocycles. The van der Waals surface area contributed by atoms with Crippen LogP contribution in [0.2, 0.25) is 5.02 Å². The average Bonchev–Trinajstić information content (AvgIpc) is 2.92. The van der Waals surface area contributed by atoms with E-state index in [0.717, 1.165) is 0 Å². The summed E-state index contributed by atoms with van der Waals surface area (Å²) >= 11 is 5.89. The molecule has 19 heavy (non-hydrogen) atoms. The first-order valence-electron chi connectivity index (χ1n) is 5.72. The van der Waals surface area contributed by atoms with Crippen LogP contribution in [0.4, 0.5) is 5.69 Å². The third kappa shape index (κ3) is 3.07. The van der Waals surface area contributed by atoms with Gasteiger partial charge >= 0.3 is 0 Å². The van der Waals surface area contributed by atoms with E-state index in [9.17, 15) is 4.79 Å². The van der Waals surface area contributed by atoms with Crippen molar-refractivity contribution < 1.29 is 9.21 Å². The summed E-state index contributed by atoms with van der Waals surface area (Å²) in [5.74, 6) is 5.77. The van der Waals surface area contributed by atoms with Gasteiger partial charge in [-0.25, -0.2) is 0 Å². The highest BCUT2D eigenvalue weighted by Crippen LogP contribution is 2.21. The van der Waals surface area contributed by atoms with Crippen molar-refractivity contribution in [2.24, 2.45) is 5.84 Å². The Balaban J connectivity index is 2.18. The van der Waals surface area contributed by atoms with Crippen LogP contribution in [-0.4, -0.2) is 5.91 Å². The second kappa shape index (κ2) is 5.77. The number of anilines is 1. The smallest absolute Gasteiger partial charge is 0.254 e. The number of hydrazine groups is 1. The van der Waals surface area contributed by atoms with Crippen molar-refractivity contribution in [1.82, 2.24) is 5.32 Å². The number of carbonyl (C=O) groups excluding carboxylic acids is 1. The van der Waals surface area contributed by atoms with Crippen LogP contribution < -0.4 is 16.6 Å². The maximum atomic E-state index is 12.2. The van der Waals surface area contributed by atoms with E-state index in [2.05, 4.69) is 10.7 Å². The van der Waals surface area contributed by atoms with Crippen molar-refractivity contribution in [2.45, 2.75) is 13.0 Å². The Labute approximate surface area is 115 Å². The van der Waals surface area contributed by atoms with E-state index in [4.69, 9.17) is 21.9 Å². The third-order valence-electron chi connectivity index (χ3n) is 2.70. The number of hydrogen-bond acceptors (Lipinski definition) is 4. The van der Waals surface area contributed by atoms with Gasteiger partial charge in [0.2, 0.25) is 0 Å². The molecule has 0 saturated heterocycles. The van der Waals surface area contributed by atoms with Gasteiger partial charge in [-0.1, -0.05) is 11.6 Å². The summed E-state index contributed by atoms with van der Waals surface area (Å²) in [5, 5.41) is 3.28. The summed E-state index contributed by atoms with van der Waals surface area (Å²) in [5.41, 5.74) is 3.36. The summed E-state index contributed by atoms with van der Waals surface area (Å²) in [6.45, 7) is 1.83. The van der Waals surface area contributed by atoms with Gasteiger partial charge in [0.15, 0.2) is 0 Å². The number of carbonyl (C=O) groups is 1. The van der Waals surface area contributed by atoms with Gasteiger partial charge in [-0.15, -0.1) is 0 Å². The van der Waals surface area contributed by atoms with Gasteiger partial charge in [0.05, 0.1) is 23.6 Å². The molecule has 1 atom stereocenters. The largest absolute Gasteiger partial charge is 0.467 e. The van der Waals surface area contributed by atoms with Gasteiger partial charge in [0, 0.05) is 5.02 Å². The van der Waals surface area contributed by atoms with Gasteiger partial charge in [0.25, 0.3) is 5.91 Å². The molecule has 1 amide bonds. The van der Waals surface area contributed by atoms with Gasteiger partial charge < -0.3 is 15.2 Å². The van der Waals surface area contributed by atoms with Crippen molar-refractivity contribution in [1.29, 1.82) is 0 Å². The van der Waals surface area contributed by atoms with Crippen LogP contribution in [0.25, 0.3) is 0 Å². The summed E-state index contributed by atoms with van der Waals surface area (Å²) in [6, 6.07) is 8.18. The fourth-order valence-corrected chi connectivity index (χ4v) is 1.89. The van der Waals surface area contributed by atoms with Crippen LogP contribution in [0, 0.1) is 0 Å². The van der Waals surface area contributed by atoms with E-state index in [1.165, 1.54) is 0 Å². The van der Waals surface area contributed by atoms with E-state index >= 15 is 0 Å². The minimum Gasteiger partial charge on any atom is -0.467 e. The van der Waals surface area contributed by atoms with Crippen molar-refractivity contribution in [2.75, 3.05) is 5.43 Å². The molecule has 0 saturated carbocycles. The lowest BCUT2D eigenvalue weighted by Gasteiger charge is -2.14. The summed E-state index contributed by atoms with van der Waals surface area (Å²) < 4.78 is 5.23. The Kier molecular flexibility index (Phi) is 4.09. The molecule has 0 radical (unpaired) electrons. The highest BCUT2D eigenvalue weighted by atomic mass is 35.5. The second-order valence-electron chi connectivity index (χ2n) is 4.04. The fraction of sp³-hybridized carbons (Fsp3) is 0.154. The molecule has 0 bridgehead atoms. The lowest BCUT2D eigenvalue weighted by atomic mass is 10.1. The van der Waals surface area contributed by atoms with Gasteiger partial charge in [-0.2, -0.15) is 0 Å².